The van der Waals surface area contributed by atoms with Gasteiger partial charge in [0.1, 0.15) is 0 Å². The highest BCUT2D eigenvalue weighted by molar-refractivity contribution is 5.85. The van der Waals surface area contributed by atoms with Crippen LogP contribution in [0.1, 0.15) is 40.2 Å². The number of ether oxygens (including phenoxy) is 1. The average Bonchev–Trinajstić information content (AvgIpc) is 3.26. The van der Waals surface area contributed by atoms with Crippen LogP contribution in [0.15, 0.2) is 78.9 Å². The van der Waals surface area contributed by atoms with Crippen LogP contribution in [0, 0.1) is 0 Å². The Labute approximate surface area is 205 Å². The molecule has 2 nitrogen and oxygen atoms in total. The zero-order valence-electron chi connectivity index (χ0n) is 18.4. The standard InChI is InChI=1S/C26H23F6NO.ClH/c27-25(28,29)20-13-17(14-21(15-20)26(30,31)32)16-34-22-11-12-33-24(22)23(18-7-3-1-4-8-18)19-9-5-2-6-10-19;/h1-10,13-15,22-24,33H,11-12,16H2;1H/t22-,24+;/m0./s1. The van der Waals surface area contributed by atoms with Gasteiger partial charge in [-0.3, -0.25) is 0 Å². The molecule has 0 saturated carbocycles. The van der Waals surface area contributed by atoms with E-state index in [2.05, 4.69) is 5.32 Å². The summed E-state index contributed by atoms with van der Waals surface area (Å²) in [6, 6.07) is 20.9. The fourth-order valence-corrected chi connectivity index (χ4v) is 4.46. The fourth-order valence-electron chi connectivity index (χ4n) is 4.46. The zero-order chi connectivity index (χ0) is 24.3. The number of rotatable bonds is 6. The van der Waals surface area contributed by atoms with Gasteiger partial charge in [0.15, 0.2) is 0 Å². The van der Waals surface area contributed by atoms with Crippen molar-refractivity contribution in [2.45, 2.75) is 43.4 Å². The molecule has 0 amide bonds. The molecule has 4 rings (SSSR count). The van der Waals surface area contributed by atoms with Crippen molar-refractivity contribution in [1.82, 2.24) is 5.32 Å². The Morgan fingerprint density at radius 1 is 0.771 bits per heavy atom. The van der Waals surface area contributed by atoms with Crippen molar-refractivity contribution in [3.8, 4) is 0 Å². The summed E-state index contributed by atoms with van der Waals surface area (Å²) in [5.74, 6) is -0.0952. The monoisotopic (exact) mass is 515 g/mol. The Morgan fingerprint density at radius 3 is 1.71 bits per heavy atom. The molecule has 188 valence electrons. The minimum Gasteiger partial charge on any atom is -0.372 e. The molecule has 1 aliphatic heterocycles. The molecule has 1 aliphatic rings. The molecule has 0 aliphatic carbocycles. The Kier molecular flexibility index (Phi) is 8.51. The molecule has 1 heterocycles. The third-order valence-corrected chi connectivity index (χ3v) is 6.00. The van der Waals surface area contributed by atoms with Crippen molar-refractivity contribution in [2.24, 2.45) is 0 Å². The number of alkyl halides is 6. The Hall–Kier alpha value is -2.55. The highest BCUT2D eigenvalue weighted by Gasteiger charge is 2.38. The van der Waals surface area contributed by atoms with Crippen LogP contribution < -0.4 is 5.32 Å². The maximum Gasteiger partial charge on any atom is 0.416 e. The molecule has 2 atom stereocenters. The topological polar surface area (TPSA) is 21.3 Å². The van der Waals surface area contributed by atoms with Gasteiger partial charge in [0.05, 0.1) is 23.8 Å². The highest BCUT2D eigenvalue weighted by atomic mass is 35.5. The van der Waals surface area contributed by atoms with Crippen LogP contribution in [0.25, 0.3) is 0 Å². The first kappa shape index (κ1) is 27.0. The van der Waals surface area contributed by atoms with Gasteiger partial charge < -0.3 is 10.1 Å². The summed E-state index contributed by atoms with van der Waals surface area (Å²) in [5.41, 5.74) is -0.758. The summed E-state index contributed by atoms with van der Waals surface area (Å²) in [6.45, 7) is 0.272. The minimum atomic E-state index is -4.89. The first-order chi connectivity index (χ1) is 16.1. The maximum atomic E-state index is 13.2. The number of halogens is 7. The summed E-state index contributed by atoms with van der Waals surface area (Å²) >= 11 is 0. The Balaban J connectivity index is 0.00000342. The van der Waals surface area contributed by atoms with Crippen molar-refractivity contribution < 1.29 is 31.1 Å². The summed E-state index contributed by atoms with van der Waals surface area (Å²) in [7, 11) is 0. The summed E-state index contributed by atoms with van der Waals surface area (Å²) in [6.07, 6.45) is -9.58. The van der Waals surface area contributed by atoms with E-state index in [4.69, 9.17) is 4.74 Å². The first-order valence-corrected chi connectivity index (χ1v) is 10.9. The van der Waals surface area contributed by atoms with Gasteiger partial charge in [0.25, 0.3) is 0 Å². The third-order valence-electron chi connectivity index (χ3n) is 6.00. The van der Waals surface area contributed by atoms with E-state index in [-0.39, 0.29) is 42.6 Å². The van der Waals surface area contributed by atoms with Gasteiger partial charge in [0.2, 0.25) is 0 Å². The lowest BCUT2D eigenvalue weighted by Crippen LogP contribution is -2.38. The smallest absolute Gasteiger partial charge is 0.372 e. The molecule has 0 unspecified atom stereocenters. The normalized spacial score (nSPS) is 18.5. The predicted molar refractivity (Wildman–Crippen MR) is 123 cm³/mol. The van der Waals surface area contributed by atoms with Crippen LogP contribution in [-0.4, -0.2) is 18.7 Å². The van der Waals surface area contributed by atoms with Crippen LogP contribution in [0.5, 0.6) is 0 Å². The van der Waals surface area contributed by atoms with E-state index in [1.54, 1.807) is 0 Å². The molecule has 3 aromatic carbocycles. The first-order valence-electron chi connectivity index (χ1n) is 10.9. The third kappa shape index (κ3) is 6.57. The second-order valence-electron chi connectivity index (χ2n) is 8.33. The quantitative estimate of drug-likeness (QED) is 0.350. The maximum absolute atomic E-state index is 13.2. The van der Waals surface area contributed by atoms with Crippen LogP contribution >= 0.6 is 12.4 Å². The minimum absolute atomic E-state index is 0. The van der Waals surface area contributed by atoms with Crippen LogP contribution in [0.3, 0.4) is 0 Å². The van der Waals surface area contributed by atoms with Crippen molar-refractivity contribution in [3.63, 3.8) is 0 Å². The van der Waals surface area contributed by atoms with E-state index in [0.717, 1.165) is 23.3 Å². The van der Waals surface area contributed by atoms with Crippen molar-refractivity contribution in [1.29, 1.82) is 0 Å². The average molecular weight is 516 g/mol. The van der Waals surface area contributed by atoms with Gasteiger partial charge in [-0.25, -0.2) is 0 Å². The molecule has 9 heteroatoms. The Bertz CT molecular complexity index is 1020. The van der Waals surface area contributed by atoms with Crippen molar-refractivity contribution >= 4 is 12.4 Å². The van der Waals surface area contributed by atoms with Crippen LogP contribution in [-0.2, 0) is 23.7 Å². The van der Waals surface area contributed by atoms with Gasteiger partial charge in [-0.1, -0.05) is 60.7 Å². The molecular formula is C26H24ClF6NO. The number of nitrogens with one attached hydrogen (secondary N) is 1. The van der Waals surface area contributed by atoms with E-state index in [9.17, 15) is 26.3 Å². The van der Waals surface area contributed by atoms with E-state index < -0.39 is 29.6 Å². The highest BCUT2D eigenvalue weighted by Crippen LogP contribution is 2.37. The molecule has 0 spiro atoms. The lowest BCUT2D eigenvalue weighted by Gasteiger charge is -2.30. The second-order valence-corrected chi connectivity index (χ2v) is 8.33. The van der Waals surface area contributed by atoms with Crippen molar-refractivity contribution in [2.75, 3.05) is 6.54 Å². The van der Waals surface area contributed by atoms with Gasteiger partial charge in [-0.2, -0.15) is 26.3 Å². The lowest BCUT2D eigenvalue weighted by atomic mass is 9.83. The van der Waals surface area contributed by atoms with Crippen LogP contribution in [0.2, 0.25) is 0 Å². The molecule has 0 bridgehead atoms. The van der Waals surface area contributed by atoms with Gasteiger partial charge in [-0.15, -0.1) is 12.4 Å². The van der Waals surface area contributed by atoms with E-state index in [1.807, 2.05) is 60.7 Å². The molecule has 1 fully saturated rings. The van der Waals surface area contributed by atoms with Crippen molar-refractivity contribution in [3.05, 3.63) is 107 Å². The van der Waals surface area contributed by atoms with E-state index in [1.165, 1.54) is 0 Å². The molecule has 35 heavy (non-hydrogen) atoms. The molecule has 0 radical (unpaired) electrons. The predicted octanol–water partition coefficient (Wildman–Crippen LogP) is 7.23. The van der Waals surface area contributed by atoms with E-state index >= 15 is 0 Å². The van der Waals surface area contributed by atoms with Gasteiger partial charge in [-0.05, 0) is 47.9 Å². The second kappa shape index (κ2) is 11.0. The summed E-state index contributed by atoms with van der Waals surface area (Å²) in [4.78, 5) is 0. The fraction of sp³-hybridized carbons (Fsp3) is 0.308. The zero-order valence-corrected chi connectivity index (χ0v) is 19.3. The molecule has 0 aromatic heterocycles. The van der Waals surface area contributed by atoms with Crippen LogP contribution in [0.4, 0.5) is 26.3 Å². The molecular weight excluding hydrogens is 492 g/mol. The van der Waals surface area contributed by atoms with Gasteiger partial charge >= 0.3 is 12.4 Å². The Morgan fingerprint density at radius 2 is 1.26 bits per heavy atom. The molecule has 1 N–H and O–H groups in total. The SMILES string of the molecule is Cl.FC(F)(F)c1cc(CO[C@H]2CCN[C@H]2C(c2ccccc2)c2ccccc2)cc(C(F)(F)F)c1. The molecule has 3 aromatic rings. The largest absolute Gasteiger partial charge is 0.416 e. The van der Waals surface area contributed by atoms with Gasteiger partial charge in [0, 0.05) is 12.0 Å². The summed E-state index contributed by atoms with van der Waals surface area (Å²) < 4.78 is 85.2. The number of benzene rings is 3. The molecule has 1 saturated heterocycles. The lowest BCUT2D eigenvalue weighted by molar-refractivity contribution is -0.143. The number of hydrogen-bond donors (Lipinski definition) is 1. The summed E-state index contributed by atoms with van der Waals surface area (Å²) in [5, 5.41) is 3.43. The number of hydrogen-bond acceptors (Lipinski definition) is 2. The van der Waals surface area contributed by atoms with E-state index in [0.29, 0.717) is 13.0 Å².